The Labute approximate surface area is 104 Å². The summed E-state index contributed by atoms with van der Waals surface area (Å²) in [6.07, 6.45) is 1.71. The molecule has 2 aromatic rings. The van der Waals surface area contributed by atoms with Gasteiger partial charge in [0.2, 0.25) is 0 Å². The molecule has 4 heteroatoms. The van der Waals surface area contributed by atoms with Crippen LogP contribution in [-0.4, -0.2) is 11.0 Å². The molecule has 0 bridgehead atoms. The zero-order valence-corrected chi connectivity index (χ0v) is 10.0. The van der Waals surface area contributed by atoms with Gasteiger partial charge in [-0.2, -0.15) is 0 Å². The molecule has 1 aromatic carbocycles. The normalized spacial score (nSPS) is 9.94. The lowest BCUT2D eigenvalue weighted by Gasteiger charge is -2.02. The molecule has 0 spiro atoms. The van der Waals surface area contributed by atoms with Crippen LogP contribution < -0.4 is 0 Å². The number of hydrogen-bond donors (Lipinski definition) is 0. The van der Waals surface area contributed by atoms with Gasteiger partial charge in [0.15, 0.2) is 0 Å². The Balaban J connectivity index is 2.11. The monoisotopic (exact) mass is 244 g/mol. The highest BCUT2D eigenvalue weighted by molar-refractivity contribution is 7.95. The van der Waals surface area contributed by atoms with Gasteiger partial charge in [0.05, 0.1) is 17.7 Å². The van der Waals surface area contributed by atoms with E-state index >= 15 is 0 Å². The van der Waals surface area contributed by atoms with E-state index in [1.807, 2.05) is 30.3 Å². The first kappa shape index (κ1) is 11.7. The molecule has 1 radical (unpaired) electrons. The molecular weight excluding hydrogens is 234 g/mol. The molecule has 0 aliphatic heterocycles. The lowest BCUT2D eigenvalue weighted by molar-refractivity contribution is -0.130. The number of nitrogens with zero attached hydrogens (tertiary/aromatic N) is 1. The van der Waals surface area contributed by atoms with Crippen LogP contribution >= 0.6 is 12.0 Å². The Morgan fingerprint density at radius 3 is 2.71 bits per heavy atom. The fraction of sp³-hybridized carbons (Fsp3) is 0.0769. The highest BCUT2D eigenvalue weighted by Crippen LogP contribution is 2.23. The van der Waals surface area contributed by atoms with Crippen LogP contribution in [0.15, 0.2) is 47.5 Å². The third-order valence-corrected chi connectivity index (χ3v) is 2.79. The highest BCUT2D eigenvalue weighted by atomic mass is 32.2. The van der Waals surface area contributed by atoms with E-state index < -0.39 is 0 Å². The molecule has 1 heterocycles. The first-order valence-corrected chi connectivity index (χ1v) is 5.77. The average molecular weight is 244 g/mol. The van der Waals surface area contributed by atoms with E-state index in [0.717, 1.165) is 28.2 Å². The van der Waals surface area contributed by atoms with Crippen LogP contribution in [0.5, 0.6) is 0 Å². The number of benzene rings is 1. The number of aromatic nitrogens is 1. The summed E-state index contributed by atoms with van der Waals surface area (Å²) in [4.78, 5) is 15.8. The van der Waals surface area contributed by atoms with Crippen molar-refractivity contribution in [3.8, 4) is 11.3 Å². The Hall–Kier alpha value is -1.81. The number of rotatable bonds is 3. The molecule has 0 unspecified atom stereocenters. The Morgan fingerprint density at radius 2 is 2.12 bits per heavy atom. The topological polar surface area (TPSA) is 39.2 Å². The van der Waals surface area contributed by atoms with Gasteiger partial charge in [0.1, 0.15) is 0 Å². The lowest BCUT2D eigenvalue weighted by Crippen LogP contribution is -1.89. The van der Waals surface area contributed by atoms with Crippen molar-refractivity contribution >= 4 is 18.0 Å². The Morgan fingerprint density at radius 1 is 1.35 bits per heavy atom. The molecule has 0 aliphatic carbocycles. The van der Waals surface area contributed by atoms with E-state index in [1.165, 1.54) is 6.92 Å². The van der Waals surface area contributed by atoms with Crippen molar-refractivity contribution in [2.45, 2.75) is 11.8 Å². The van der Waals surface area contributed by atoms with Crippen LogP contribution in [0.4, 0.5) is 0 Å². The number of hydrogen-bond acceptors (Lipinski definition) is 4. The van der Waals surface area contributed by atoms with Crippen molar-refractivity contribution in [1.82, 2.24) is 4.98 Å². The molecule has 17 heavy (non-hydrogen) atoms. The van der Waals surface area contributed by atoms with Crippen LogP contribution in [0.25, 0.3) is 11.3 Å². The van der Waals surface area contributed by atoms with Crippen molar-refractivity contribution in [2.24, 2.45) is 0 Å². The summed E-state index contributed by atoms with van der Waals surface area (Å²) < 4.78 is 4.83. The van der Waals surface area contributed by atoms with Crippen molar-refractivity contribution < 1.29 is 8.98 Å². The van der Waals surface area contributed by atoms with Crippen molar-refractivity contribution in [1.29, 1.82) is 0 Å². The smallest absolute Gasteiger partial charge is 0.315 e. The maximum absolute atomic E-state index is 10.6. The summed E-state index contributed by atoms with van der Waals surface area (Å²) >= 11 is 1.05. The minimum atomic E-state index is -0.307. The van der Waals surface area contributed by atoms with Crippen LogP contribution in [0.1, 0.15) is 6.92 Å². The van der Waals surface area contributed by atoms with Gasteiger partial charge in [0.25, 0.3) is 0 Å². The molecule has 2 rings (SSSR count). The summed E-state index contributed by atoms with van der Waals surface area (Å²) in [7, 11) is 0. The first-order valence-electron chi connectivity index (χ1n) is 5.03. The van der Waals surface area contributed by atoms with Gasteiger partial charge in [-0.3, -0.25) is 9.78 Å². The van der Waals surface area contributed by atoms with Gasteiger partial charge in [-0.05, 0) is 30.3 Å². The highest BCUT2D eigenvalue weighted by Gasteiger charge is 2.01. The summed E-state index contributed by atoms with van der Waals surface area (Å²) in [6, 6.07) is 14.2. The molecule has 85 valence electrons. The molecule has 0 aliphatic rings. The fourth-order valence-electron chi connectivity index (χ4n) is 1.27. The van der Waals surface area contributed by atoms with Gasteiger partial charge in [0, 0.05) is 23.6 Å². The van der Waals surface area contributed by atoms with E-state index in [1.54, 1.807) is 12.3 Å². The molecule has 1 aromatic heterocycles. The molecule has 0 amide bonds. The van der Waals surface area contributed by atoms with E-state index in [9.17, 15) is 4.79 Å². The molecule has 0 saturated heterocycles. The second-order valence-electron chi connectivity index (χ2n) is 3.32. The average Bonchev–Trinajstić information content (AvgIpc) is 2.38. The van der Waals surface area contributed by atoms with Crippen LogP contribution in [0.3, 0.4) is 0 Å². The Kier molecular flexibility index (Phi) is 3.77. The predicted molar refractivity (Wildman–Crippen MR) is 66.1 cm³/mol. The van der Waals surface area contributed by atoms with Crippen molar-refractivity contribution in [2.75, 3.05) is 0 Å². The largest absolute Gasteiger partial charge is 0.386 e. The Bertz CT molecular complexity index is 497. The summed E-state index contributed by atoms with van der Waals surface area (Å²) in [5, 5.41) is 0. The molecule has 0 saturated carbocycles. The molecular formula is C13H10NO2S. The predicted octanol–water partition coefficient (Wildman–Crippen LogP) is 3.12. The van der Waals surface area contributed by atoms with Crippen LogP contribution in [-0.2, 0) is 8.98 Å². The van der Waals surface area contributed by atoms with Gasteiger partial charge < -0.3 is 4.18 Å². The summed E-state index contributed by atoms with van der Waals surface area (Å²) in [5.41, 5.74) is 1.88. The van der Waals surface area contributed by atoms with Crippen molar-refractivity contribution in [3.05, 3.63) is 48.7 Å². The summed E-state index contributed by atoms with van der Waals surface area (Å²) in [5.74, 6) is -0.307. The van der Waals surface area contributed by atoms with Crippen molar-refractivity contribution in [3.63, 3.8) is 0 Å². The molecule has 0 fully saturated rings. The maximum atomic E-state index is 10.6. The van der Waals surface area contributed by atoms with Gasteiger partial charge in [-0.1, -0.05) is 12.1 Å². The van der Waals surface area contributed by atoms with Crippen LogP contribution in [0.2, 0.25) is 0 Å². The van der Waals surface area contributed by atoms with Gasteiger partial charge in [-0.15, -0.1) is 0 Å². The molecule has 0 atom stereocenters. The SMILES string of the molecule is CC(=O)OSc1ccc(-c2c[c]ccn2)cc1. The minimum absolute atomic E-state index is 0.307. The first-order chi connectivity index (χ1) is 8.25. The number of carbonyl (C=O) groups excluding carboxylic acids is 1. The van der Waals surface area contributed by atoms with E-state index in [4.69, 9.17) is 4.18 Å². The maximum Gasteiger partial charge on any atom is 0.315 e. The van der Waals surface area contributed by atoms with Gasteiger partial charge in [-0.25, -0.2) is 0 Å². The van der Waals surface area contributed by atoms with E-state index in [-0.39, 0.29) is 5.97 Å². The number of pyridine rings is 1. The molecule has 3 nitrogen and oxygen atoms in total. The third-order valence-electron chi connectivity index (χ3n) is 2.01. The quantitative estimate of drug-likeness (QED) is 0.778. The number of carbonyl (C=O) groups is 1. The summed E-state index contributed by atoms with van der Waals surface area (Å²) in [6.45, 7) is 1.38. The zero-order valence-electron chi connectivity index (χ0n) is 9.21. The fourth-order valence-corrected chi connectivity index (χ4v) is 1.73. The standard InChI is InChI=1S/C13H10NO2S/c1-10(15)16-17-12-7-5-11(6-8-12)13-4-2-3-9-14-13/h3-9H,1H3. The van der Waals surface area contributed by atoms with E-state index in [2.05, 4.69) is 11.1 Å². The zero-order chi connectivity index (χ0) is 12.1. The van der Waals surface area contributed by atoms with Crippen LogP contribution in [0, 0.1) is 6.07 Å². The lowest BCUT2D eigenvalue weighted by atomic mass is 10.1. The van der Waals surface area contributed by atoms with E-state index in [0.29, 0.717) is 0 Å². The van der Waals surface area contributed by atoms with Gasteiger partial charge >= 0.3 is 5.97 Å². The second kappa shape index (κ2) is 5.50. The minimum Gasteiger partial charge on any atom is -0.386 e. The second-order valence-corrected chi connectivity index (χ2v) is 4.13. The third kappa shape index (κ3) is 3.32. The molecule has 0 N–H and O–H groups in total.